The summed E-state index contributed by atoms with van der Waals surface area (Å²) in [6.07, 6.45) is -6.23. The molecule has 1 aromatic heterocycles. The largest absolute Gasteiger partial charge is 0.509 e. The van der Waals surface area contributed by atoms with Crippen molar-refractivity contribution in [3.8, 4) is 0 Å². The minimum atomic E-state index is -4.41. The van der Waals surface area contributed by atoms with Crippen LogP contribution in [0.25, 0.3) is 0 Å². The number of esters is 2. The summed E-state index contributed by atoms with van der Waals surface area (Å²) in [6, 6.07) is 1.12. The first-order valence-electron chi connectivity index (χ1n) is 21.5. The number of aromatic nitrogens is 2. The van der Waals surface area contributed by atoms with E-state index >= 15 is 4.39 Å². The molecule has 4 atom stereocenters. The Bertz CT molecular complexity index is 1870. The van der Waals surface area contributed by atoms with E-state index in [1.54, 1.807) is 104 Å². The fourth-order valence-electron chi connectivity index (χ4n) is 4.82. The normalized spacial score (nSPS) is 18.1. The summed E-state index contributed by atoms with van der Waals surface area (Å²) in [6.45, 7) is 24.3. The van der Waals surface area contributed by atoms with Crippen LogP contribution in [0.15, 0.2) is 17.1 Å². The number of thioether (sulfide) groups is 1. The summed E-state index contributed by atoms with van der Waals surface area (Å²) in [5.41, 5.74) is -5.49. The molecule has 0 spiro atoms. The number of amides is 2. The third-order valence-electron chi connectivity index (χ3n) is 7.78. The lowest BCUT2D eigenvalue weighted by Crippen LogP contribution is -2.45. The molecule has 0 bridgehead atoms. The van der Waals surface area contributed by atoms with E-state index in [2.05, 4.69) is 4.98 Å². The molecule has 0 aliphatic carbocycles. The molecule has 26 heteroatoms. The molecular formula is C42H69FN3O16PS5. The molecular weight excluding hydrogens is 1010 g/mol. The smallest absolute Gasteiger partial charge is 0.464 e. The number of hydrogen-bond acceptors (Lipinski definition) is 22. The minimum absolute atomic E-state index is 0.112. The number of imide groups is 1. The van der Waals surface area contributed by atoms with Crippen molar-refractivity contribution in [2.24, 2.45) is 10.8 Å². The topological polar surface area (TPSA) is 224 Å². The average molecular weight is 1080 g/mol. The molecule has 1 saturated heterocycles. The van der Waals surface area contributed by atoms with Crippen LogP contribution in [0.5, 0.6) is 0 Å². The van der Waals surface area contributed by atoms with Crippen LogP contribution in [0.4, 0.5) is 24.6 Å². The molecule has 1 aromatic rings. The minimum Gasteiger partial charge on any atom is -0.464 e. The summed E-state index contributed by atoms with van der Waals surface area (Å²) in [5, 5.41) is -2.58. The third kappa shape index (κ3) is 23.2. The van der Waals surface area contributed by atoms with Crippen LogP contribution >= 0.6 is 62.8 Å². The Morgan fingerprint density at radius 3 is 1.51 bits per heavy atom. The Hall–Kier alpha value is -2.38. The van der Waals surface area contributed by atoms with Gasteiger partial charge in [0.25, 0.3) is 0 Å². The van der Waals surface area contributed by atoms with Crippen molar-refractivity contribution in [1.82, 2.24) is 9.55 Å². The number of nitrogens with zero attached hydrogens (tertiary/aromatic N) is 3. The molecule has 19 nitrogen and oxygen atoms in total. The van der Waals surface area contributed by atoms with Gasteiger partial charge in [-0.2, -0.15) is 9.88 Å². The number of phosphoric ester groups is 1. The van der Waals surface area contributed by atoms with Gasteiger partial charge >= 0.3 is 43.8 Å². The Labute approximate surface area is 419 Å². The van der Waals surface area contributed by atoms with Crippen molar-refractivity contribution in [2.75, 3.05) is 60.9 Å². The van der Waals surface area contributed by atoms with Gasteiger partial charge in [-0.3, -0.25) is 27.7 Å². The number of phosphoric acid groups is 1. The van der Waals surface area contributed by atoms with E-state index in [9.17, 15) is 33.3 Å². The SMILES string of the molecule is CC(C)(C)OC(=O)O[C@H]1[C@H](F)[C@H](n2ccc(N(C(=O)OC(C)(C)C)C(=O)OC(C)(C)C)nc2=O)S[C@@H]1COP(=O)(OCCSSCCOC(=O)C(C)(C)C)OCCSSCCOC(=O)C(C)(C)C. The number of halogens is 1. The van der Waals surface area contributed by atoms with Crippen LogP contribution in [-0.4, -0.2) is 130 Å². The fraction of sp³-hybridized carbons (Fsp3) is 0.786. The monoisotopic (exact) mass is 1080 g/mol. The molecule has 0 N–H and O–H groups in total. The molecule has 1 aliphatic rings. The second-order valence-corrected chi connectivity index (χ2v) is 28.2. The second-order valence-electron chi connectivity index (χ2n) is 19.8. The highest BCUT2D eigenvalue weighted by molar-refractivity contribution is 8.77. The highest BCUT2D eigenvalue weighted by Crippen LogP contribution is 2.53. The van der Waals surface area contributed by atoms with Gasteiger partial charge in [0.15, 0.2) is 18.1 Å². The zero-order chi connectivity index (χ0) is 51.9. The van der Waals surface area contributed by atoms with Crippen LogP contribution < -0.4 is 10.6 Å². The summed E-state index contributed by atoms with van der Waals surface area (Å²) < 4.78 is 81.1. The number of hydrogen-bond donors (Lipinski definition) is 0. The van der Waals surface area contributed by atoms with Crippen molar-refractivity contribution in [1.29, 1.82) is 0 Å². The van der Waals surface area contributed by atoms with E-state index < -0.39 is 94.8 Å². The Kier molecular flexibility index (Phi) is 24.4. The highest BCUT2D eigenvalue weighted by atomic mass is 33.1. The van der Waals surface area contributed by atoms with Crippen molar-refractivity contribution in [2.45, 2.75) is 144 Å². The van der Waals surface area contributed by atoms with E-state index in [4.69, 9.17) is 42.0 Å². The molecule has 2 rings (SSSR count). The standard InChI is InChI=1S/C42H69FN3O16PS5/c1-38(2,3)32(47)54-18-22-64-66-24-20-56-63(53,57-21-25-67-65-23-19-55-33(48)39(4,5)6)58-26-27-30(59-37(52)62-42(13,14)15)29(43)31(68-27)45-17-16-28(44-34(45)49)46(35(50)60-40(7,8)9)36(51)61-41(10,11)12/h16-17,27,29-31H,18-26H2,1-15H3/t27-,29+,30-,31-/m1/s1. The van der Waals surface area contributed by atoms with E-state index in [1.807, 2.05) is 0 Å². The molecule has 68 heavy (non-hydrogen) atoms. The first kappa shape index (κ1) is 61.7. The lowest BCUT2D eigenvalue weighted by molar-refractivity contribution is -0.152. The predicted octanol–water partition coefficient (Wildman–Crippen LogP) is 10.3. The van der Waals surface area contributed by atoms with Crippen LogP contribution in [-0.2, 0) is 56.1 Å². The van der Waals surface area contributed by atoms with Crippen molar-refractivity contribution >= 4 is 98.9 Å². The van der Waals surface area contributed by atoms with Gasteiger partial charge in [-0.05, 0) is 110 Å². The quantitative estimate of drug-likeness (QED) is 0.0346. The first-order valence-corrected chi connectivity index (χ1v) is 28.9. The molecule has 0 aromatic carbocycles. The van der Waals surface area contributed by atoms with E-state index in [-0.39, 0.29) is 38.4 Å². The number of rotatable bonds is 22. The molecule has 1 aliphatic heterocycles. The third-order valence-corrected chi connectivity index (χ3v) is 15.4. The molecule has 0 saturated carbocycles. The number of carbonyl (C=O) groups is 5. The van der Waals surface area contributed by atoms with Crippen LogP contribution in [0.1, 0.15) is 109 Å². The van der Waals surface area contributed by atoms with Gasteiger partial charge in [-0.15, -0.1) is 11.8 Å². The van der Waals surface area contributed by atoms with Gasteiger partial charge in [-0.1, -0.05) is 43.2 Å². The fourth-order valence-corrected chi connectivity index (χ4v) is 11.1. The Balaban J connectivity index is 2.33. The van der Waals surface area contributed by atoms with E-state index in [1.165, 1.54) is 43.2 Å². The maximum Gasteiger partial charge on any atom is 0.509 e. The van der Waals surface area contributed by atoms with Crippen LogP contribution in [0.2, 0.25) is 0 Å². The molecule has 0 radical (unpaired) electrons. The summed E-state index contributed by atoms with van der Waals surface area (Å²) in [7, 11) is 1.14. The average Bonchev–Trinajstić information content (AvgIpc) is 3.46. The number of alkyl halides is 1. The lowest BCUT2D eigenvalue weighted by atomic mass is 9.97. The predicted molar refractivity (Wildman–Crippen MR) is 266 cm³/mol. The van der Waals surface area contributed by atoms with Crippen molar-refractivity contribution in [3.63, 3.8) is 0 Å². The summed E-state index contributed by atoms with van der Waals surface area (Å²) in [4.78, 5) is 81.6. The van der Waals surface area contributed by atoms with E-state index in [0.29, 0.717) is 27.9 Å². The molecule has 0 unspecified atom stereocenters. The van der Waals surface area contributed by atoms with Gasteiger partial charge in [-0.25, -0.2) is 28.1 Å². The van der Waals surface area contributed by atoms with Gasteiger partial charge in [0.05, 0.1) is 35.9 Å². The Morgan fingerprint density at radius 2 is 1.12 bits per heavy atom. The number of anilines is 1. The second kappa shape index (κ2) is 26.9. The maximum atomic E-state index is 16.7. The number of carbonyl (C=O) groups excluding carboxylic acids is 5. The van der Waals surface area contributed by atoms with Crippen molar-refractivity contribution < 1.29 is 74.9 Å². The van der Waals surface area contributed by atoms with Crippen molar-refractivity contribution in [3.05, 3.63) is 22.7 Å². The molecule has 1 fully saturated rings. The van der Waals surface area contributed by atoms with Crippen LogP contribution in [0.3, 0.4) is 0 Å². The maximum absolute atomic E-state index is 16.7. The lowest BCUT2D eigenvalue weighted by Gasteiger charge is -2.28. The zero-order valence-corrected chi connectivity index (χ0v) is 46.5. The zero-order valence-electron chi connectivity index (χ0n) is 41.6. The first-order chi connectivity index (χ1) is 31.1. The summed E-state index contributed by atoms with van der Waals surface area (Å²) >= 11 is 0.798. The van der Waals surface area contributed by atoms with Gasteiger partial charge in [0.2, 0.25) is 0 Å². The van der Waals surface area contributed by atoms with Gasteiger partial charge < -0.3 is 28.4 Å². The summed E-state index contributed by atoms with van der Waals surface area (Å²) in [5.74, 6) is 0.483. The van der Waals surface area contributed by atoms with Gasteiger partial charge in [0.1, 0.15) is 35.4 Å². The van der Waals surface area contributed by atoms with E-state index in [0.717, 1.165) is 28.6 Å². The molecule has 390 valence electrons. The van der Waals surface area contributed by atoms with Crippen LogP contribution in [0, 0.1) is 10.8 Å². The Morgan fingerprint density at radius 1 is 0.691 bits per heavy atom. The molecule has 2 heterocycles. The molecule has 2 amide bonds. The number of ether oxygens (including phenoxy) is 6. The van der Waals surface area contributed by atoms with Gasteiger partial charge in [0, 0.05) is 29.2 Å². The highest BCUT2D eigenvalue weighted by Gasteiger charge is 2.50.